The number of nitrogens with zero attached hydrogens (tertiary/aromatic N) is 4. The van der Waals surface area contributed by atoms with E-state index in [1.807, 2.05) is 11.7 Å². The van der Waals surface area contributed by atoms with Crippen molar-refractivity contribution in [3.8, 4) is 5.75 Å². The Morgan fingerprint density at radius 3 is 2.59 bits per heavy atom. The molecule has 2 fully saturated rings. The molecule has 0 radical (unpaired) electrons. The number of carbonyl (C=O) groups is 1. The third-order valence-electron chi connectivity index (χ3n) is 9.24. The van der Waals surface area contributed by atoms with Gasteiger partial charge in [0, 0.05) is 51.9 Å². The van der Waals surface area contributed by atoms with Crippen molar-refractivity contribution >= 4 is 5.91 Å². The molecule has 0 unspecified atom stereocenters. The van der Waals surface area contributed by atoms with Crippen LogP contribution in [0.3, 0.4) is 0 Å². The van der Waals surface area contributed by atoms with Crippen molar-refractivity contribution in [1.82, 2.24) is 19.6 Å². The van der Waals surface area contributed by atoms with Crippen LogP contribution < -0.4 is 4.74 Å². The minimum absolute atomic E-state index is 0.311. The van der Waals surface area contributed by atoms with Gasteiger partial charge in [-0.25, -0.2) is 0 Å². The summed E-state index contributed by atoms with van der Waals surface area (Å²) in [6.07, 6.45) is 11.2. The maximum Gasteiger partial charge on any atom is 0.222 e. The minimum atomic E-state index is 0.311. The number of hydrogen-bond donors (Lipinski definition) is 0. The number of fused-ring (bicyclic) bond motifs is 1. The summed E-state index contributed by atoms with van der Waals surface area (Å²) in [5, 5.41) is 4.52. The highest BCUT2D eigenvalue weighted by Crippen LogP contribution is 2.40. The lowest BCUT2D eigenvalue weighted by Gasteiger charge is -2.45. The molecule has 6 heteroatoms. The van der Waals surface area contributed by atoms with Crippen molar-refractivity contribution in [2.45, 2.75) is 78.1 Å². The predicted octanol–water partition coefficient (Wildman–Crippen LogP) is 5.10. The Kier molecular flexibility index (Phi) is 8.23. The average molecular weight is 507 g/mol. The first-order valence-electron chi connectivity index (χ1n) is 14.6. The van der Waals surface area contributed by atoms with Crippen LogP contribution in [0.5, 0.6) is 5.75 Å². The van der Waals surface area contributed by atoms with E-state index in [0.717, 1.165) is 75.8 Å². The van der Waals surface area contributed by atoms with Gasteiger partial charge in [0.2, 0.25) is 5.91 Å². The van der Waals surface area contributed by atoms with Gasteiger partial charge in [-0.1, -0.05) is 24.6 Å². The Labute approximate surface area is 223 Å². The highest BCUT2D eigenvalue weighted by Gasteiger charge is 2.38. The molecule has 1 aromatic carbocycles. The normalized spacial score (nSPS) is 21.1. The molecule has 1 spiro atoms. The fourth-order valence-corrected chi connectivity index (χ4v) is 6.61. The lowest BCUT2D eigenvalue weighted by Crippen LogP contribution is -2.49. The number of aryl methyl sites for hydroxylation is 3. The molecule has 37 heavy (non-hydrogen) atoms. The summed E-state index contributed by atoms with van der Waals surface area (Å²) in [5.74, 6) is 2.26. The SMILES string of the molecule is Cc1nn(C)c(C)c1CCC(=O)N1CCC2(CCCCc3ccccc3OCCN(CC3CC3)C2)CC1. The second-order valence-electron chi connectivity index (χ2n) is 12.0. The number of rotatable bonds is 5. The first-order chi connectivity index (χ1) is 17.9. The monoisotopic (exact) mass is 506 g/mol. The van der Waals surface area contributed by atoms with E-state index in [1.54, 1.807) is 0 Å². The predicted molar refractivity (Wildman–Crippen MR) is 148 cm³/mol. The zero-order chi connectivity index (χ0) is 25.8. The van der Waals surface area contributed by atoms with Crippen LogP contribution in [-0.4, -0.2) is 64.8 Å². The maximum atomic E-state index is 13.2. The summed E-state index contributed by atoms with van der Waals surface area (Å²) in [6.45, 7) is 10.1. The number of ether oxygens (including phenoxy) is 1. The Morgan fingerprint density at radius 1 is 1.08 bits per heavy atom. The fourth-order valence-electron chi connectivity index (χ4n) is 6.61. The van der Waals surface area contributed by atoms with Crippen LogP contribution in [0.1, 0.15) is 73.9 Å². The number of benzene rings is 1. The van der Waals surface area contributed by atoms with Gasteiger partial charge in [-0.3, -0.25) is 14.4 Å². The minimum Gasteiger partial charge on any atom is -0.492 e. The molecule has 3 aliphatic rings. The third-order valence-corrected chi connectivity index (χ3v) is 9.24. The van der Waals surface area contributed by atoms with E-state index in [1.165, 1.54) is 55.5 Å². The van der Waals surface area contributed by atoms with Gasteiger partial charge < -0.3 is 9.64 Å². The van der Waals surface area contributed by atoms with Crippen molar-refractivity contribution in [3.63, 3.8) is 0 Å². The van der Waals surface area contributed by atoms with Crippen LogP contribution in [0.2, 0.25) is 0 Å². The van der Waals surface area contributed by atoms with E-state index in [0.29, 0.717) is 17.7 Å². The molecule has 1 aromatic heterocycles. The summed E-state index contributed by atoms with van der Waals surface area (Å²) in [6, 6.07) is 8.60. The highest BCUT2D eigenvalue weighted by molar-refractivity contribution is 5.76. The Bertz CT molecular complexity index is 1070. The number of piperidine rings is 1. The van der Waals surface area contributed by atoms with Crippen LogP contribution >= 0.6 is 0 Å². The third kappa shape index (κ3) is 6.57. The van der Waals surface area contributed by atoms with Crippen molar-refractivity contribution in [2.75, 3.05) is 39.3 Å². The van der Waals surface area contributed by atoms with Crippen molar-refractivity contribution < 1.29 is 9.53 Å². The number of carbonyl (C=O) groups excluding carboxylic acids is 1. The first-order valence-corrected chi connectivity index (χ1v) is 14.6. The lowest BCUT2D eigenvalue weighted by molar-refractivity contribution is -0.133. The topological polar surface area (TPSA) is 50.6 Å². The van der Waals surface area contributed by atoms with Crippen LogP contribution in [0.4, 0.5) is 0 Å². The zero-order valence-corrected chi connectivity index (χ0v) is 23.3. The number of hydrogen-bond acceptors (Lipinski definition) is 4. The zero-order valence-electron chi connectivity index (χ0n) is 23.3. The van der Waals surface area contributed by atoms with Crippen LogP contribution in [0.25, 0.3) is 0 Å². The summed E-state index contributed by atoms with van der Waals surface area (Å²) in [7, 11) is 1.98. The van der Waals surface area contributed by atoms with Gasteiger partial charge in [-0.05, 0) is 93.7 Å². The maximum absolute atomic E-state index is 13.2. The summed E-state index contributed by atoms with van der Waals surface area (Å²) < 4.78 is 8.23. The van der Waals surface area contributed by atoms with Gasteiger partial charge in [0.05, 0.1) is 5.69 Å². The lowest BCUT2D eigenvalue weighted by atomic mass is 9.73. The molecule has 0 N–H and O–H groups in total. The van der Waals surface area contributed by atoms with Gasteiger partial charge in [-0.2, -0.15) is 5.10 Å². The molecule has 3 heterocycles. The molecular weight excluding hydrogens is 460 g/mol. The average Bonchev–Trinajstić information content (AvgIpc) is 3.66. The van der Waals surface area contributed by atoms with Crippen molar-refractivity contribution in [1.29, 1.82) is 0 Å². The molecule has 0 bridgehead atoms. The number of para-hydroxylation sites is 1. The molecule has 1 saturated carbocycles. The van der Waals surface area contributed by atoms with Gasteiger partial charge in [0.25, 0.3) is 0 Å². The van der Waals surface area contributed by atoms with E-state index < -0.39 is 0 Å². The quantitative estimate of drug-likeness (QED) is 0.567. The Morgan fingerprint density at radius 2 is 1.86 bits per heavy atom. The van der Waals surface area contributed by atoms with Crippen LogP contribution in [0.15, 0.2) is 24.3 Å². The largest absolute Gasteiger partial charge is 0.492 e. The molecule has 1 aliphatic carbocycles. The number of amides is 1. The Hall–Kier alpha value is -2.34. The number of likely N-dealkylation sites (tertiary alicyclic amines) is 1. The van der Waals surface area contributed by atoms with Crippen LogP contribution in [0, 0.1) is 25.2 Å². The van der Waals surface area contributed by atoms with E-state index in [-0.39, 0.29) is 0 Å². The second-order valence-corrected chi connectivity index (χ2v) is 12.0. The standard InChI is InChI=1S/C31H46N4O2/c1-24-28(25(2)33(3)32-24)13-14-30(36)35-18-16-31(17-19-35)15-7-6-9-27-8-4-5-10-29(27)37-21-20-34(23-31)22-26-11-12-26/h4-5,8,10,26H,6-7,9,11-23H2,1-3H3. The van der Waals surface area contributed by atoms with E-state index in [9.17, 15) is 4.79 Å². The smallest absolute Gasteiger partial charge is 0.222 e. The summed E-state index contributed by atoms with van der Waals surface area (Å²) in [5.41, 5.74) is 5.15. The Balaban J connectivity index is 1.21. The fraction of sp³-hybridized carbons (Fsp3) is 0.677. The molecule has 2 aliphatic heterocycles. The van der Waals surface area contributed by atoms with Crippen molar-refractivity contribution in [3.05, 3.63) is 46.8 Å². The molecule has 6 nitrogen and oxygen atoms in total. The first kappa shape index (κ1) is 26.3. The molecule has 1 amide bonds. The molecule has 5 rings (SSSR count). The van der Waals surface area contributed by atoms with Crippen LogP contribution in [-0.2, 0) is 24.7 Å². The molecule has 202 valence electrons. The molecule has 2 aromatic rings. The second kappa shape index (κ2) is 11.6. The van der Waals surface area contributed by atoms with E-state index in [2.05, 4.69) is 53.0 Å². The highest BCUT2D eigenvalue weighted by atomic mass is 16.5. The van der Waals surface area contributed by atoms with E-state index >= 15 is 0 Å². The van der Waals surface area contributed by atoms with Gasteiger partial charge >= 0.3 is 0 Å². The van der Waals surface area contributed by atoms with Gasteiger partial charge in [0.1, 0.15) is 12.4 Å². The molecule has 0 atom stereocenters. The summed E-state index contributed by atoms with van der Waals surface area (Å²) >= 11 is 0. The molecular formula is C31H46N4O2. The van der Waals surface area contributed by atoms with Gasteiger partial charge in [0.15, 0.2) is 0 Å². The number of aromatic nitrogens is 2. The van der Waals surface area contributed by atoms with Gasteiger partial charge in [-0.15, -0.1) is 0 Å². The molecule has 1 saturated heterocycles. The summed E-state index contributed by atoms with van der Waals surface area (Å²) in [4.78, 5) is 18.0. The van der Waals surface area contributed by atoms with Crippen molar-refractivity contribution in [2.24, 2.45) is 18.4 Å². The van der Waals surface area contributed by atoms with E-state index in [4.69, 9.17) is 4.74 Å².